The van der Waals surface area contributed by atoms with Crippen molar-refractivity contribution < 1.29 is 0 Å². The molecule has 1 aliphatic heterocycles. The minimum absolute atomic E-state index is 0.266. The third-order valence-corrected chi connectivity index (χ3v) is 4.36. The van der Waals surface area contributed by atoms with Gasteiger partial charge in [-0.1, -0.05) is 0 Å². The van der Waals surface area contributed by atoms with E-state index < -0.39 is 0 Å². The first-order valence-electron chi connectivity index (χ1n) is 7.14. The highest BCUT2D eigenvalue weighted by Gasteiger charge is 2.25. The number of hydrogen-bond donors (Lipinski definition) is 1. The first-order chi connectivity index (χ1) is 9.13. The molecule has 0 spiro atoms. The zero-order chi connectivity index (χ0) is 13.8. The van der Waals surface area contributed by atoms with E-state index in [1.807, 2.05) is 12.4 Å². The van der Waals surface area contributed by atoms with Gasteiger partial charge in [-0.3, -0.25) is 9.88 Å². The number of nitrogens with two attached hydrogens (primary N) is 1. The highest BCUT2D eigenvalue weighted by atomic mass is 15.2. The molecule has 0 bridgehead atoms. The fourth-order valence-electron chi connectivity index (χ4n) is 3.04. The van der Waals surface area contributed by atoms with E-state index in [0.29, 0.717) is 12.6 Å². The highest BCUT2D eigenvalue weighted by Crippen LogP contribution is 2.23. The molecule has 2 N–H and O–H groups in total. The van der Waals surface area contributed by atoms with Gasteiger partial charge in [-0.05, 0) is 57.6 Å². The Bertz CT molecular complexity index is 407. The van der Waals surface area contributed by atoms with E-state index in [-0.39, 0.29) is 6.04 Å². The fraction of sp³-hybridized carbons (Fsp3) is 0.667. The monoisotopic (exact) mass is 262 g/mol. The maximum absolute atomic E-state index is 6.00. The Kier molecular flexibility index (Phi) is 4.91. The van der Waals surface area contributed by atoms with E-state index in [2.05, 4.69) is 41.9 Å². The molecule has 19 heavy (non-hydrogen) atoms. The molecule has 0 radical (unpaired) electrons. The number of likely N-dealkylation sites (N-methyl/N-ethyl adjacent to an activating group) is 2. The number of rotatable bonds is 5. The van der Waals surface area contributed by atoms with Crippen molar-refractivity contribution in [3.8, 4) is 0 Å². The average molecular weight is 262 g/mol. The summed E-state index contributed by atoms with van der Waals surface area (Å²) in [4.78, 5) is 9.09. The standard InChI is InChI=1S/C15H26N4/c1-12-6-7-17-10-14(12)15(9-16)19(3)11-13-5-4-8-18(13)2/h6-7,10,13,15H,4-5,8-9,11,16H2,1-3H3. The van der Waals surface area contributed by atoms with E-state index in [1.165, 1.54) is 30.5 Å². The Balaban J connectivity index is 2.07. The molecule has 1 aromatic rings. The molecule has 1 aromatic heterocycles. The van der Waals surface area contributed by atoms with E-state index >= 15 is 0 Å². The van der Waals surface area contributed by atoms with Crippen molar-refractivity contribution in [2.24, 2.45) is 5.73 Å². The lowest BCUT2D eigenvalue weighted by Gasteiger charge is -2.32. The van der Waals surface area contributed by atoms with Crippen LogP contribution in [0.25, 0.3) is 0 Å². The van der Waals surface area contributed by atoms with Crippen molar-refractivity contribution in [3.05, 3.63) is 29.6 Å². The number of likely N-dealkylation sites (tertiary alicyclic amines) is 1. The molecule has 0 amide bonds. The quantitative estimate of drug-likeness (QED) is 0.871. The summed E-state index contributed by atoms with van der Waals surface area (Å²) in [5, 5.41) is 0. The second kappa shape index (κ2) is 6.46. The lowest BCUT2D eigenvalue weighted by atomic mass is 10.0. The van der Waals surface area contributed by atoms with Gasteiger partial charge in [-0.2, -0.15) is 0 Å². The molecular formula is C15H26N4. The molecule has 1 fully saturated rings. The van der Waals surface area contributed by atoms with Gasteiger partial charge in [0.05, 0.1) is 0 Å². The molecule has 106 valence electrons. The number of pyridine rings is 1. The minimum Gasteiger partial charge on any atom is -0.329 e. The zero-order valence-corrected chi connectivity index (χ0v) is 12.3. The van der Waals surface area contributed by atoms with Gasteiger partial charge in [0.15, 0.2) is 0 Å². The SMILES string of the molecule is Cc1ccncc1C(CN)N(C)CC1CCCN1C. The molecule has 0 aromatic carbocycles. The maximum Gasteiger partial charge on any atom is 0.0485 e. The molecule has 0 aliphatic carbocycles. The molecular weight excluding hydrogens is 236 g/mol. The predicted molar refractivity (Wildman–Crippen MR) is 79.1 cm³/mol. The Hall–Kier alpha value is -0.970. The van der Waals surface area contributed by atoms with Crippen LogP contribution in [-0.2, 0) is 0 Å². The Morgan fingerprint density at radius 2 is 2.37 bits per heavy atom. The van der Waals surface area contributed by atoms with Gasteiger partial charge in [0.2, 0.25) is 0 Å². The van der Waals surface area contributed by atoms with Crippen LogP contribution in [0.3, 0.4) is 0 Å². The van der Waals surface area contributed by atoms with Crippen LogP contribution >= 0.6 is 0 Å². The van der Waals surface area contributed by atoms with Crippen molar-refractivity contribution in [3.63, 3.8) is 0 Å². The third kappa shape index (κ3) is 3.32. The number of aryl methyl sites for hydroxylation is 1. The molecule has 0 saturated carbocycles. The minimum atomic E-state index is 0.266. The lowest BCUT2D eigenvalue weighted by Crippen LogP contribution is -2.40. The highest BCUT2D eigenvalue weighted by molar-refractivity contribution is 5.25. The first-order valence-corrected chi connectivity index (χ1v) is 7.14. The Morgan fingerprint density at radius 3 is 2.95 bits per heavy atom. The van der Waals surface area contributed by atoms with Crippen LogP contribution in [-0.4, -0.2) is 54.6 Å². The van der Waals surface area contributed by atoms with Gasteiger partial charge in [0.1, 0.15) is 0 Å². The van der Waals surface area contributed by atoms with Crippen molar-refractivity contribution >= 4 is 0 Å². The summed E-state index contributed by atoms with van der Waals surface area (Å²) in [6.45, 7) is 5.07. The summed E-state index contributed by atoms with van der Waals surface area (Å²) in [6, 6.07) is 2.99. The zero-order valence-electron chi connectivity index (χ0n) is 12.3. The summed E-state index contributed by atoms with van der Waals surface area (Å²) in [5.41, 5.74) is 8.53. The Labute approximate surface area is 116 Å². The number of aromatic nitrogens is 1. The van der Waals surface area contributed by atoms with Crippen LogP contribution in [0, 0.1) is 6.92 Å². The van der Waals surface area contributed by atoms with Gasteiger partial charge in [0, 0.05) is 37.6 Å². The van der Waals surface area contributed by atoms with E-state index in [9.17, 15) is 0 Å². The third-order valence-electron chi connectivity index (χ3n) is 4.36. The summed E-state index contributed by atoms with van der Waals surface area (Å²) in [5.74, 6) is 0. The summed E-state index contributed by atoms with van der Waals surface area (Å²) >= 11 is 0. The van der Waals surface area contributed by atoms with E-state index in [1.54, 1.807) is 0 Å². The molecule has 4 heteroatoms. The van der Waals surface area contributed by atoms with Crippen molar-refractivity contribution in [1.29, 1.82) is 0 Å². The summed E-state index contributed by atoms with van der Waals surface area (Å²) in [7, 11) is 4.40. The van der Waals surface area contributed by atoms with Crippen LogP contribution in [0.4, 0.5) is 0 Å². The van der Waals surface area contributed by atoms with Gasteiger partial charge in [-0.25, -0.2) is 0 Å². The van der Waals surface area contributed by atoms with Gasteiger partial charge in [0.25, 0.3) is 0 Å². The smallest absolute Gasteiger partial charge is 0.0485 e. The first kappa shape index (κ1) is 14.4. The second-order valence-corrected chi connectivity index (χ2v) is 5.70. The second-order valence-electron chi connectivity index (χ2n) is 5.70. The van der Waals surface area contributed by atoms with E-state index in [4.69, 9.17) is 5.73 Å². The van der Waals surface area contributed by atoms with Gasteiger partial charge < -0.3 is 10.6 Å². The average Bonchev–Trinajstić information content (AvgIpc) is 2.78. The van der Waals surface area contributed by atoms with Crippen molar-refractivity contribution in [2.75, 3.05) is 33.7 Å². The molecule has 2 heterocycles. The summed E-state index contributed by atoms with van der Waals surface area (Å²) < 4.78 is 0. The van der Waals surface area contributed by atoms with Crippen LogP contribution < -0.4 is 5.73 Å². The molecule has 1 saturated heterocycles. The molecule has 2 rings (SSSR count). The van der Waals surface area contributed by atoms with E-state index in [0.717, 1.165) is 6.54 Å². The van der Waals surface area contributed by atoms with Crippen molar-refractivity contribution in [1.82, 2.24) is 14.8 Å². The molecule has 4 nitrogen and oxygen atoms in total. The van der Waals surface area contributed by atoms with Crippen LogP contribution in [0.5, 0.6) is 0 Å². The predicted octanol–water partition coefficient (Wildman–Crippen LogP) is 1.42. The molecule has 1 aliphatic rings. The maximum atomic E-state index is 6.00. The lowest BCUT2D eigenvalue weighted by molar-refractivity contribution is 0.179. The van der Waals surface area contributed by atoms with Crippen LogP contribution in [0.1, 0.15) is 30.0 Å². The normalized spacial score (nSPS) is 22.1. The molecule has 2 atom stereocenters. The molecule has 2 unspecified atom stereocenters. The summed E-state index contributed by atoms with van der Waals surface area (Å²) in [6.07, 6.45) is 6.41. The van der Waals surface area contributed by atoms with Gasteiger partial charge >= 0.3 is 0 Å². The number of nitrogens with zero attached hydrogens (tertiary/aromatic N) is 3. The van der Waals surface area contributed by atoms with Crippen molar-refractivity contribution in [2.45, 2.75) is 31.8 Å². The fourth-order valence-corrected chi connectivity index (χ4v) is 3.04. The van der Waals surface area contributed by atoms with Crippen LogP contribution in [0.2, 0.25) is 0 Å². The number of hydrogen-bond acceptors (Lipinski definition) is 4. The Morgan fingerprint density at radius 1 is 1.58 bits per heavy atom. The largest absolute Gasteiger partial charge is 0.329 e. The topological polar surface area (TPSA) is 45.4 Å². The van der Waals surface area contributed by atoms with Gasteiger partial charge in [-0.15, -0.1) is 0 Å². The van der Waals surface area contributed by atoms with Crippen LogP contribution in [0.15, 0.2) is 18.5 Å².